The molecule has 0 aliphatic rings. The summed E-state index contributed by atoms with van der Waals surface area (Å²) in [6.07, 6.45) is 2.11. The zero-order chi connectivity index (χ0) is 22.4. The molecule has 1 atom stereocenters. The lowest BCUT2D eigenvalue weighted by Crippen LogP contribution is -2.30. The molecule has 0 radical (unpaired) electrons. The van der Waals surface area contributed by atoms with Crippen LogP contribution in [0.15, 0.2) is 54.7 Å². The van der Waals surface area contributed by atoms with Crippen LogP contribution in [0.3, 0.4) is 0 Å². The van der Waals surface area contributed by atoms with E-state index in [1.807, 2.05) is 44.2 Å². The molecule has 0 aliphatic carbocycles. The third kappa shape index (κ3) is 5.95. The van der Waals surface area contributed by atoms with Gasteiger partial charge in [-0.15, -0.1) is 0 Å². The van der Waals surface area contributed by atoms with E-state index in [0.717, 1.165) is 17.1 Å². The van der Waals surface area contributed by atoms with Crippen LogP contribution in [0.4, 0.5) is 0 Å². The summed E-state index contributed by atoms with van der Waals surface area (Å²) in [5.74, 6) is 0.364. The highest BCUT2D eigenvalue weighted by atomic mass is 35.5. The van der Waals surface area contributed by atoms with Crippen molar-refractivity contribution in [3.8, 4) is 17.1 Å². The topological polar surface area (TPSA) is 84.1 Å². The minimum Gasteiger partial charge on any atom is -0.489 e. The Balaban J connectivity index is 1.73. The first-order valence-electron chi connectivity index (χ1n) is 10.2. The standard InChI is InChI=1S/C24H26ClN3O3/c1-15(2)31-22-10-9-17(12-20(22)25)21(29)13-18(24(30)26-3)11-19-14-27-23(28-19)16-7-5-4-6-8-16/h4-10,12,14-15,18H,11,13H2,1-3H3,(H,26,30)(H,27,28)/t18-/m1/s1. The Morgan fingerprint density at radius 1 is 1.16 bits per heavy atom. The molecule has 0 spiro atoms. The zero-order valence-electron chi connectivity index (χ0n) is 17.8. The Bertz CT molecular complexity index is 1050. The Morgan fingerprint density at radius 3 is 2.55 bits per heavy atom. The fourth-order valence-corrected chi connectivity index (χ4v) is 3.52. The van der Waals surface area contributed by atoms with Crippen molar-refractivity contribution in [3.05, 3.63) is 71.0 Å². The fraction of sp³-hybridized carbons (Fsp3) is 0.292. The average Bonchev–Trinajstić information content (AvgIpc) is 3.23. The number of hydrogen-bond acceptors (Lipinski definition) is 4. The smallest absolute Gasteiger partial charge is 0.223 e. The molecule has 2 aromatic carbocycles. The number of hydrogen-bond donors (Lipinski definition) is 2. The summed E-state index contributed by atoms with van der Waals surface area (Å²) >= 11 is 6.26. The summed E-state index contributed by atoms with van der Waals surface area (Å²) < 4.78 is 5.62. The Labute approximate surface area is 187 Å². The largest absolute Gasteiger partial charge is 0.489 e. The van der Waals surface area contributed by atoms with Gasteiger partial charge in [-0.1, -0.05) is 41.9 Å². The van der Waals surface area contributed by atoms with Crippen molar-refractivity contribution in [1.82, 2.24) is 15.3 Å². The summed E-state index contributed by atoms with van der Waals surface area (Å²) in [6, 6.07) is 14.7. The van der Waals surface area contributed by atoms with E-state index in [0.29, 0.717) is 22.8 Å². The molecule has 6 nitrogen and oxygen atoms in total. The van der Waals surface area contributed by atoms with E-state index < -0.39 is 5.92 Å². The van der Waals surface area contributed by atoms with Gasteiger partial charge in [-0.25, -0.2) is 4.98 Å². The lowest BCUT2D eigenvalue weighted by atomic mass is 9.93. The zero-order valence-corrected chi connectivity index (χ0v) is 18.6. The number of ether oxygens (including phenoxy) is 1. The van der Waals surface area contributed by atoms with Gasteiger partial charge in [-0.2, -0.15) is 0 Å². The maximum absolute atomic E-state index is 12.9. The number of amides is 1. The molecular weight excluding hydrogens is 414 g/mol. The van der Waals surface area contributed by atoms with E-state index in [2.05, 4.69) is 15.3 Å². The molecule has 1 amide bonds. The van der Waals surface area contributed by atoms with Crippen molar-refractivity contribution in [1.29, 1.82) is 0 Å². The SMILES string of the molecule is CNC(=O)[C@@H](CC(=O)c1ccc(OC(C)C)c(Cl)c1)Cc1cnc(-c2ccccc2)[nH]1. The number of imidazole rings is 1. The number of aromatic nitrogens is 2. The molecule has 7 heteroatoms. The second kappa shape index (κ2) is 10.3. The van der Waals surface area contributed by atoms with E-state index in [1.54, 1.807) is 31.4 Å². The molecule has 31 heavy (non-hydrogen) atoms. The van der Waals surface area contributed by atoms with Gasteiger partial charge in [-0.05, 0) is 32.0 Å². The maximum Gasteiger partial charge on any atom is 0.223 e. The van der Waals surface area contributed by atoms with Gasteiger partial charge in [0.1, 0.15) is 11.6 Å². The van der Waals surface area contributed by atoms with Crippen LogP contribution in [0.2, 0.25) is 5.02 Å². The Kier molecular flexibility index (Phi) is 7.47. The van der Waals surface area contributed by atoms with Crippen molar-refractivity contribution in [3.63, 3.8) is 0 Å². The molecule has 0 saturated carbocycles. The number of rotatable bonds is 9. The van der Waals surface area contributed by atoms with Gasteiger partial charge >= 0.3 is 0 Å². The van der Waals surface area contributed by atoms with Gasteiger partial charge in [-0.3, -0.25) is 9.59 Å². The van der Waals surface area contributed by atoms with Crippen molar-refractivity contribution < 1.29 is 14.3 Å². The highest BCUT2D eigenvalue weighted by molar-refractivity contribution is 6.32. The molecule has 0 saturated heterocycles. The van der Waals surface area contributed by atoms with Crippen LogP contribution in [0.5, 0.6) is 5.75 Å². The lowest BCUT2D eigenvalue weighted by Gasteiger charge is -2.15. The van der Waals surface area contributed by atoms with Gasteiger partial charge < -0.3 is 15.0 Å². The molecule has 0 bridgehead atoms. The fourth-order valence-electron chi connectivity index (χ4n) is 3.30. The first kappa shape index (κ1) is 22.6. The van der Waals surface area contributed by atoms with Crippen LogP contribution in [-0.2, 0) is 11.2 Å². The monoisotopic (exact) mass is 439 g/mol. The number of nitrogens with zero attached hydrogens (tertiary/aromatic N) is 1. The minimum absolute atomic E-state index is 0.0214. The highest BCUT2D eigenvalue weighted by Gasteiger charge is 2.24. The lowest BCUT2D eigenvalue weighted by molar-refractivity contribution is -0.124. The molecular formula is C24H26ClN3O3. The molecule has 1 heterocycles. The number of H-pyrrole nitrogens is 1. The summed E-state index contributed by atoms with van der Waals surface area (Å²) in [5.41, 5.74) is 2.20. The number of halogens is 1. The average molecular weight is 440 g/mol. The predicted octanol–water partition coefficient (Wildman–Crippen LogP) is 4.70. The molecule has 2 N–H and O–H groups in total. The highest BCUT2D eigenvalue weighted by Crippen LogP contribution is 2.28. The van der Waals surface area contributed by atoms with Crippen LogP contribution >= 0.6 is 11.6 Å². The molecule has 0 unspecified atom stereocenters. The van der Waals surface area contributed by atoms with Crippen molar-refractivity contribution in [2.75, 3.05) is 7.05 Å². The Morgan fingerprint density at radius 2 is 1.90 bits per heavy atom. The molecule has 3 rings (SSSR count). The predicted molar refractivity (Wildman–Crippen MR) is 121 cm³/mol. The van der Waals surface area contributed by atoms with Gasteiger partial charge in [0.05, 0.1) is 17.0 Å². The third-order valence-electron chi connectivity index (χ3n) is 4.81. The number of carbonyl (C=O) groups excluding carboxylic acids is 2. The van der Waals surface area contributed by atoms with Gasteiger partial charge in [0.25, 0.3) is 0 Å². The van der Waals surface area contributed by atoms with Crippen LogP contribution in [-0.4, -0.2) is 34.8 Å². The summed E-state index contributed by atoms with van der Waals surface area (Å²) in [6.45, 7) is 3.81. The van der Waals surface area contributed by atoms with E-state index in [-0.39, 0.29) is 24.2 Å². The van der Waals surface area contributed by atoms with Crippen molar-refractivity contribution in [2.24, 2.45) is 5.92 Å². The van der Waals surface area contributed by atoms with Crippen LogP contribution in [0, 0.1) is 5.92 Å². The third-order valence-corrected chi connectivity index (χ3v) is 5.10. The first-order valence-corrected chi connectivity index (χ1v) is 10.6. The van der Waals surface area contributed by atoms with Gasteiger partial charge in [0, 0.05) is 42.9 Å². The van der Waals surface area contributed by atoms with E-state index >= 15 is 0 Å². The van der Waals surface area contributed by atoms with Crippen molar-refractivity contribution >= 4 is 23.3 Å². The minimum atomic E-state index is -0.535. The molecule has 0 aliphatic heterocycles. The number of Topliss-reactive ketones (excluding diaryl/α,β-unsaturated/α-hetero) is 1. The van der Waals surface area contributed by atoms with E-state index in [1.165, 1.54) is 0 Å². The Hall–Kier alpha value is -3.12. The number of aromatic amines is 1. The summed E-state index contributed by atoms with van der Waals surface area (Å²) in [5, 5.41) is 3.02. The molecule has 1 aromatic heterocycles. The molecule has 3 aromatic rings. The summed E-state index contributed by atoms with van der Waals surface area (Å²) in [4.78, 5) is 33.0. The first-order chi connectivity index (χ1) is 14.9. The van der Waals surface area contributed by atoms with Gasteiger partial charge in [0.15, 0.2) is 5.78 Å². The van der Waals surface area contributed by atoms with E-state index in [4.69, 9.17) is 16.3 Å². The van der Waals surface area contributed by atoms with Gasteiger partial charge in [0.2, 0.25) is 5.91 Å². The quantitative estimate of drug-likeness (QED) is 0.473. The number of ketones is 1. The molecule has 162 valence electrons. The second-order valence-electron chi connectivity index (χ2n) is 7.58. The maximum atomic E-state index is 12.9. The summed E-state index contributed by atoms with van der Waals surface area (Å²) in [7, 11) is 1.57. The van der Waals surface area contributed by atoms with Crippen LogP contribution in [0.25, 0.3) is 11.4 Å². The normalized spacial score (nSPS) is 11.9. The van der Waals surface area contributed by atoms with Crippen molar-refractivity contribution in [2.45, 2.75) is 32.8 Å². The van der Waals surface area contributed by atoms with E-state index in [9.17, 15) is 9.59 Å². The number of nitrogens with one attached hydrogen (secondary N) is 2. The molecule has 0 fully saturated rings. The van der Waals surface area contributed by atoms with Crippen LogP contribution < -0.4 is 10.1 Å². The van der Waals surface area contributed by atoms with Crippen LogP contribution in [0.1, 0.15) is 36.3 Å². The number of carbonyl (C=O) groups is 2. The second-order valence-corrected chi connectivity index (χ2v) is 7.98. The number of benzene rings is 2.